The summed E-state index contributed by atoms with van der Waals surface area (Å²) < 4.78 is 39.7. The highest BCUT2D eigenvalue weighted by molar-refractivity contribution is 6.12. The molecule has 7 heteroatoms. The molecule has 2 aromatic rings. The average Bonchev–Trinajstić information content (AvgIpc) is 2.66. The van der Waals surface area contributed by atoms with Crippen molar-refractivity contribution in [2.24, 2.45) is 5.73 Å². The van der Waals surface area contributed by atoms with Gasteiger partial charge in [-0.1, -0.05) is 18.2 Å². The van der Waals surface area contributed by atoms with Crippen molar-refractivity contribution in [3.8, 4) is 0 Å². The second kappa shape index (κ2) is 5.23. The van der Waals surface area contributed by atoms with Crippen LogP contribution in [0, 0.1) is 6.92 Å². The first-order valence-corrected chi connectivity index (χ1v) is 6.21. The highest BCUT2D eigenvalue weighted by Crippen LogP contribution is 2.31. The van der Waals surface area contributed by atoms with Gasteiger partial charge in [0.2, 0.25) is 5.91 Å². The molecule has 0 fully saturated rings. The summed E-state index contributed by atoms with van der Waals surface area (Å²) in [5.41, 5.74) is 5.35. The lowest BCUT2D eigenvalue weighted by Crippen LogP contribution is -2.23. The average molecular weight is 298 g/mol. The second-order valence-electron chi connectivity index (χ2n) is 4.67. The number of fused-ring (bicyclic) bond motifs is 1. The molecular weight excluding hydrogens is 285 g/mol. The number of benzene rings is 1. The quantitative estimate of drug-likeness (QED) is 0.882. The molecule has 0 aliphatic rings. The molecule has 0 unspecified atom stereocenters. The van der Waals surface area contributed by atoms with E-state index < -0.39 is 17.9 Å². The molecule has 112 valence electrons. The largest absolute Gasteiger partial charge is 0.454 e. The van der Waals surface area contributed by atoms with Crippen LogP contribution in [0.15, 0.2) is 24.3 Å². The van der Waals surface area contributed by atoms with Crippen LogP contribution in [0.2, 0.25) is 0 Å². The van der Waals surface area contributed by atoms with Crippen LogP contribution in [0.25, 0.3) is 10.9 Å². The van der Waals surface area contributed by atoms with Crippen molar-refractivity contribution in [3.05, 3.63) is 35.5 Å². The lowest BCUT2D eigenvalue weighted by molar-refractivity contribution is -0.118. The summed E-state index contributed by atoms with van der Waals surface area (Å²) >= 11 is 0. The van der Waals surface area contributed by atoms with Gasteiger partial charge in [0.05, 0.1) is 5.56 Å². The van der Waals surface area contributed by atoms with Crippen molar-refractivity contribution in [1.29, 1.82) is 0 Å². The molecule has 2 rings (SSSR count). The zero-order valence-corrected chi connectivity index (χ0v) is 11.2. The highest BCUT2D eigenvalue weighted by atomic mass is 19.4. The predicted octanol–water partition coefficient (Wildman–Crippen LogP) is 2.57. The summed E-state index contributed by atoms with van der Waals surface area (Å²) in [6, 6.07) is 6.29. The summed E-state index contributed by atoms with van der Waals surface area (Å²) in [4.78, 5) is 22.5. The Balaban J connectivity index is 2.64. The van der Waals surface area contributed by atoms with Crippen LogP contribution in [0.4, 0.5) is 13.2 Å². The maximum absolute atomic E-state index is 12.7. The normalized spacial score (nSPS) is 11.8. The Kier molecular flexibility index (Phi) is 3.76. The molecule has 0 bridgehead atoms. The molecule has 1 heterocycles. The lowest BCUT2D eigenvalue weighted by atomic mass is 10.1. The zero-order chi connectivity index (χ0) is 15.8. The van der Waals surface area contributed by atoms with Gasteiger partial charge in [-0.25, -0.2) is 0 Å². The van der Waals surface area contributed by atoms with E-state index in [1.165, 1.54) is 17.6 Å². The fourth-order valence-electron chi connectivity index (χ4n) is 2.37. The van der Waals surface area contributed by atoms with Gasteiger partial charge in [0.15, 0.2) is 0 Å². The first-order chi connectivity index (χ1) is 9.73. The minimum absolute atomic E-state index is 0.0147. The number of aryl methyl sites for hydroxylation is 1. The van der Waals surface area contributed by atoms with Gasteiger partial charge in [0.25, 0.3) is 5.78 Å². The van der Waals surface area contributed by atoms with Gasteiger partial charge in [-0.3, -0.25) is 9.59 Å². The zero-order valence-electron chi connectivity index (χ0n) is 11.2. The van der Waals surface area contributed by atoms with E-state index in [1.54, 1.807) is 18.2 Å². The smallest absolute Gasteiger partial charge is 0.370 e. The van der Waals surface area contributed by atoms with E-state index >= 15 is 0 Å². The van der Waals surface area contributed by atoms with E-state index in [0.717, 1.165) is 0 Å². The molecule has 4 nitrogen and oxygen atoms in total. The molecule has 0 atom stereocenters. The number of Topliss-reactive ketones (excluding diaryl/α,β-unsaturated/α-hetero) is 1. The number of carbonyl (C=O) groups is 2. The number of rotatable bonds is 4. The number of hydrogen-bond donors (Lipinski definition) is 1. The van der Waals surface area contributed by atoms with Crippen LogP contribution in [0.5, 0.6) is 0 Å². The number of hydrogen-bond acceptors (Lipinski definition) is 2. The Morgan fingerprint density at radius 3 is 2.43 bits per heavy atom. The molecule has 2 N–H and O–H groups in total. The minimum Gasteiger partial charge on any atom is -0.370 e. The minimum atomic E-state index is -4.94. The van der Waals surface area contributed by atoms with Gasteiger partial charge in [-0.05, 0) is 13.0 Å². The SMILES string of the molecule is Cc1c(C(=O)C(F)(F)F)c2ccccc2n1CCC(N)=O. The Labute approximate surface area is 118 Å². The van der Waals surface area contributed by atoms with E-state index in [0.29, 0.717) is 5.52 Å². The predicted molar refractivity (Wildman–Crippen MR) is 70.9 cm³/mol. The van der Waals surface area contributed by atoms with Gasteiger partial charge >= 0.3 is 6.18 Å². The number of para-hydroxylation sites is 1. The summed E-state index contributed by atoms with van der Waals surface area (Å²) in [6.07, 6.45) is -4.96. The molecule has 0 aliphatic carbocycles. The number of carbonyl (C=O) groups excluding carboxylic acids is 2. The molecular formula is C14H13F3N2O2. The van der Waals surface area contributed by atoms with E-state index in [1.807, 2.05) is 0 Å². The van der Waals surface area contributed by atoms with Crippen molar-refractivity contribution in [2.45, 2.75) is 26.1 Å². The van der Waals surface area contributed by atoms with Gasteiger partial charge in [0.1, 0.15) is 0 Å². The van der Waals surface area contributed by atoms with Gasteiger partial charge < -0.3 is 10.3 Å². The van der Waals surface area contributed by atoms with Crippen LogP contribution in [0.3, 0.4) is 0 Å². The first kappa shape index (κ1) is 15.1. The Morgan fingerprint density at radius 2 is 1.86 bits per heavy atom. The number of alkyl halides is 3. The number of nitrogens with zero attached hydrogens (tertiary/aromatic N) is 1. The first-order valence-electron chi connectivity index (χ1n) is 6.21. The fraction of sp³-hybridized carbons (Fsp3) is 0.286. The van der Waals surface area contributed by atoms with Gasteiger partial charge in [-0.2, -0.15) is 13.2 Å². The van der Waals surface area contributed by atoms with Crippen molar-refractivity contribution in [1.82, 2.24) is 4.57 Å². The molecule has 0 aliphatic heterocycles. The monoisotopic (exact) mass is 298 g/mol. The Morgan fingerprint density at radius 1 is 1.24 bits per heavy atom. The maximum Gasteiger partial charge on any atom is 0.454 e. The maximum atomic E-state index is 12.7. The Bertz CT molecular complexity index is 717. The third kappa shape index (κ3) is 2.76. The Hall–Kier alpha value is -2.31. The van der Waals surface area contributed by atoms with Crippen LogP contribution < -0.4 is 5.73 Å². The van der Waals surface area contributed by atoms with E-state index in [4.69, 9.17) is 5.73 Å². The van der Waals surface area contributed by atoms with Crippen molar-refractivity contribution >= 4 is 22.6 Å². The van der Waals surface area contributed by atoms with Crippen molar-refractivity contribution in [3.63, 3.8) is 0 Å². The van der Waals surface area contributed by atoms with E-state index in [9.17, 15) is 22.8 Å². The van der Waals surface area contributed by atoms with Crippen LogP contribution >= 0.6 is 0 Å². The molecule has 1 aromatic heterocycles. The highest BCUT2D eigenvalue weighted by Gasteiger charge is 2.41. The van der Waals surface area contributed by atoms with E-state index in [-0.39, 0.29) is 29.6 Å². The topological polar surface area (TPSA) is 65.1 Å². The molecule has 0 saturated carbocycles. The summed E-state index contributed by atoms with van der Waals surface area (Å²) in [5, 5.41) is 0.224. The molecule has 0 spiro atoms. The van der Waals surface area contributed by atoms with Crippen LogP contribution in [-0.2, 0) is 11.3 Å². The number of halogens is 3. The van der Waals surface area contributed by atoms with E-state index in [2.05, 4.69) is 0 Å². The number of ketones is 1. The molecule has 1 amide bonds. The summed E-state index contributed by atoms with van der Waals surface area (Å²) in [7, 11) is 0. The second-order valence-corrected chi connectivity index (χ2v) is 4.67. The fourth-order valence-corrected chi connectivity index (χ4v) is 2.37. The summed E-state index contributed by atoms with van der Waals surface area (Å²) in [6.45, 7) is 1.56. The number of primary amides is 1. The van der Waals surface area contributed by atoms with Crippen molar-refractivity contribution in [2.75, 3.05) is 0 Å². The molecule has 21 heavy (non-hydrogen) atoms. The number of amides is 1. The molecule has 1 aromatic carbocycles. The lowest BCUT2D eigenvalue weighted by Gasteiger charge is -2.08. The third-order valence-corrected chi connectivity index (χ3v) is 3.30. The standard InChI is InChI=1S/C14H13F3N2O2/c1-8-12(13(21)14(15,16)17)9-4-2-3-5-10(9)19(8)7-6-11(18)20/h2-5H,6-7H2,1H3,(H2,18,20). The number of aromatic nitrogens is 1. The van der Waals surface area contributed by atoms with Crippen LogP contribution in [0.1, 0.15) is 22.5 Å². The number of nitrogens with two attached hydrogens (primary N) is 1. The molecule has 0 radical (unpaired) electrons. The summed E-state index contributed by atoms with van der Waals surface area (Å²) in [5.74, 6) is -2.44. The third-order valence-electron chi connectivity index (χ3n) is 3.30. The van der Waals surface area contributed by atoms with Crippen LogP contribution in [-0.4, -0.2) is 22.4 Å². The van der Waals surface area contributed by atoms with Gasteiger partial charge in [0, 0.05) is 29.6 Å². The van der Waals surface area contributed by atoms with Gasteiger partial charge in [-0.15, -0.1) is 0 Å². The van der Waals surface area contributed by atoms with Crippen molar-refractivity contribution < 1.29 is 22.8 Å². The molecule has 0 saturated heterocycles.